The molecule has 0 saturated heterocycles. The van der Waals surface area contributed by atoms with E-state index in [1.54, 1.807) is 6.08 Å². The number of alkyl halides is 1. The minimum Gasteiger partial charge on any atom is -0.493 e. The van der Waals surface area contributed by atoms with Crippen molar-refractivity contribution in [3.8, 4) is 5.75 Å². The number of rotatable bonds is 5. The first kappa shape index (κ1) is 12.7. The van der Waals surface area contributed by atoms with Crippen LogP contribution in [-0.4, -0.2) is 23.3 Å². The normalized spacial score (nSPS) is 11.2. The van der Waals surface area contributed by atoms with Crippen molar-refractivity contribution in [3.05, 3.63) is 36.0 Å². The number of hydrogen-bond donors (Lipinski definition) is 1. The fourth-order valence-electron chi connectivity index (χ4n) is 1.81. The Morgan fingerprint density at radius 1 is 1.50 bits per heavy atom. The molecule has 2 rings (SSSR count). The number of carbonyl (C=O) groups excluding carboxylic acids is 1. The SMILES string of the molecule is CCOc1cccc2[nH]cc(/C=C/C(=O)CCl)c12. The number of carbonyl (C=O) groups is 1. The number of hydrogen-bond acceptors (Lipinski definition) is 2. The molecule has 0 amide bonds. The van der Waals surface area contributed by atoms with E-state index < -0.39 is 0 Å². The number of halogens is 1. The van der Waals surface area contributed by atoms with Crippen molar-refractivity contribution >= 4 is 34.4 Å². The van der Waals surface area contributed by atoms with Crippen LogP contribution in [0.1, 0.15) is 12.5 Å². The van der Waals surface area contributed by atoms with Crippen LogP contribution in [0.2, 0.25) is 0 Å². The summed E-state index contributed by atoms with van der Waals surface area (Å²) in [6.07, 6.45) is 5.09. The predicted molar refractivity (Wildman–Crippen MR) is 74.2 cm³/mol. The zero-order chi connectivity index (χ0) is 13.0. The Bertz CT molecular complexity index is 586. The van der Waals surface area contributed by atoms with Gasteiger partial charge >= 0.3 is 0 Å². The fourth-order valence-corrected chi connectivity index (χ4v) is 1.90. The van der Waals surface area contributed by atoms with Crippen molar-refractivity contribution in [2.45, 2.75) is 6.92 Å². The van der Waals surface area contributed by atoms with Crippen molar-refractivity contribution in [2.24, 2.45) is 0 Å². The van der Waals surface area contributed by atoms with Crippen molar-refractivity contribution in [1.29, 1.82) is 0 Å². The lowest BCUT2D eigenvalue weighted by Gasteiger charge is -2.05. The van der Waals surface area contributed by atoms with Crippen molar-refractivity contribution in [2.75, 3.05) is 12.5 Å². The predicted octanol–water partition coefficient (Wildman–Crippen LogP) is 3.39. The summed E-state index contributed by atoms with van der Waals surface area (Å²) < 4.78 is 5.59. The molecule has 4 heteroatoms. The number of ether oxygens (including phenoxy) is 1. The summed E-state index contributed by atoms with van der Waals surface area (Å²) in [7, 11) is 0. The maximum Gasteiger partial charge on any atom is 0.170 e. The summed E-state index contributed by atoms with van der Waals surface area (Å²) in [5.74, 6) is 0.700. The van der Waals surface area contributed by atoms with Gasteiger partial charge in [-0.25, -0.2) is 0 Å². The van der Waals surface area contributed by atoms with Crippen LogP contribution in [0.5, 0.6) is 5.75 Å². The second kappa shape index (κ2) is 5.74. The van der Waals surface area contributed by atoms with Gasteiger partial charge in [-0.3, -0.25) is 4.79 Å². The Morgan fingerprint density at radius 3 is 3.06 bits per heavy atom. The van der Waals surface area contributed by atoms with Crippen LogP contribution in [0.25, 0.3) is 17.0 Å². The standard InChI is InChI=1S/C14H14ClNO2/c1-2-18-13-5-3-4-12-14(13)10(9-16-12)6-7-11(17)8-15/h3-7,9,16H,2,8H2,1H3/b7-6+. The third-order valence-electron chi connectivity index (χ3n) is 2.58. The highest BCUT2D eigenvalue weighted by atomic mass is 35.5. The number of aromatic nitrogens is 1. The van der Waals surface area contributed by atoms with Gasteiger partial charge in [0, 0.05) is 22.7 Å². The van der Waals surface area contributed by atoms with Crippen LogP contribution in [0.3, 0.4) is 0 Å². The Labute approximate surface area is 110 Å². The summed E-state index contributed by atoms with van der Waals surface area (Å²) >= 11 is 5.46. The quantitative estimate of drug-likeness (QED) is 0.664. The van der Waals surface area contributed by atoms with E-state index in [2.05, 4.69) is 4.98 Å². The molecule has 18 heavy (non-hydrogen) atoms. The van der Waals surface area contributed by atoms with Crippen LogP contribution < -0.4 is 4.74 Å². The number of allylic oxidation sites excluding steroid dienone is 1. The van der Waals surface area contributed by atoms with Gasteiger partial charge < -0.3 is 9.72 Å². The first-order valence-electron chi connectivity index (χ1n) is 5.76. The number of aromatic amines is 1. The van der Waals surface area contributed by atoms with Crippen LogP contribution in [0.15, 0.2) is 30.5 Å². The molecule has 2 aromatic rings. The summed E-state index contributed by atoms with van der Waals surface area (Å²) in [6.45, 7) is 2.55. The highest BCUT2D eigenvalue weighted by Gasteiger charge is 2.07. The molecule has 0 unspecified atom stereocenters. The molecule has 0 fully saturated rings. The molecule has 0 aliphatic rings. The third kappa shape index (κ3) is 2.57. The van der Waals surface area contributed by atoms with Gasteiger partial charge in [0.15, 0.2) is 5.78 Å². The molecule has 0 bridgehead atoms. The molecule has 94 valence electrons. The molecular weight excluding hydrogens is 250 g/mol. The monoisotopic (exact) mass is 263 g/mol. The smallest absolute Gasteiger partial charge is 0.170 e. The molecule has 1 heterocycles. The van der Waals surface area contributed by atoms with E-state index in [1.807, 2.05) is 31.3 Å². The minimum absolute atomic E-state index is 0.00281. The van der Waals surface area contributed by atoms with Crippen LogP contribution in [0.4, 0.5) is 0 Å². The van der Waals surface area contributed by atoms with Gasteiger partial charge in [0.05, 0.1) is 12.5 Å². The van der Waals surface area contributed by atoms with E-state index in [-0.39, 0.29) is 11.7 Å². The number of ketones is 1. The van der Waals surface area contributed by atoms with Crippen LogP contribution in [-0.2, 0) is 4.79 Å². The van der Waals surface area contributed by atoms with Crippen LogP contribution in [0, 0.1) is 0 Å². The van der Waals surface area contributed by atoms with E-state index in [4.69, 9.17) is 16.3 Å². The summed E-state index contributed by atoms with van der Waals surface area (Å²) in [5, 5.41) is 0.984. The average Bonchev–Trinajstić information content (AvgIpc) is 2.80. The molecule has 0 aliphatic carbocycles. The second-order valence-corrected chi connectivity index (χ2v) is 4.06. The lowest BCUT2D eigenvalue weighted by atomic mass is 10.1. The van der Waals surface area contributed by atoms with E-state index in [0.717, 1.165) is 22.2 Å². The molecule has 0 spiro atoms. The maximum atomic E-state index is 11.2. The molecule has 0 aliphatic heterocycles. The lowest BCUT2D eigenvalue weighted by molar-refractivity contribution is -0.112. The van der Waals surface area contributed by atoms with Gasteiger partial charge in [-0.05, 0) is 31.2 Å². The summed E-state index contributed by atoms with van der Waals surface area (Å²) in [6, 6.07) is 5.82. The van der Waals surface area contributed by atoms with Crippen molar-refractivity contribution in [1.82, 2.24) is 4.98 Å². The van der Waals surface area contributed by atoms with Gasteiger partial charge in [0.2, 0.25) is 0 Å². The number of benzene rings is 1. The highest BCUT2D eigenvalue weighted by molar-refractivity contribution is 6.29. The summed E-state index contributed by atoms with van der Waals surface area (Å²) in [4.78, 5) is 14.3. The van der Waals surface area contributed by atoms with Crippen LogP contribution >= 0.6 is 11.6 Å². The highest BCUT2D eigenvalue weighted by Crippen LogP contribution is 2.29. The van der Waals surface area contributed by atoms with Gasteiger partial charge in [0.25, 0.3) is 0 Å². The van der Waals surface area contributed by atoms with Gasteiger partial charge in [-0.1, -0.05) is 6.07 Å². The average molecular weight is 264 g/mol. The Morgan fingerprint density at radius 2 is 2.33 bits per heavy atom. The molecule has 1 N–H and O–H groups in total. The number of fused-ring (bicyclic) bond motifs is 1. The van der Waals surface area contributed by atoms with E-state index >= 15 is 0 Å². The summed E-state index contributed by atoms with van der Waals surface area (Å²) in [5.41, 5.74) is 1.91. The largest absolute Gasteiger partial charge is 0.493 e. The molecule has 0 atom stereocenters. The second-order valence-electron chi connectivity index (χ2n) is 3.79. The van der Waals surface area contributed by atoms with Gasteiger partial charge in [-0.2, -0.15) is 0 Å². The first-order valence-corrected chi connectivity index (χ1v) is 6.29. The topological polar surface area (TPSA) is 42.1 Å². The molecule has 3 nitrogen and oxygen atoms in total. The van der Waals surface area contributed by atoms with Gasteiger partial charge in [-0.15, -0.1) is 11.6 Å². The third-order valence-corrected chi connectivity index (χ3v) is 2.84. The minimum atomic E-state index is -0.111. The molecule has 1 aromatic carbocycles. The zero-order valence-corrected chi connectivity index (χ0v) is 10.8. The van der Waals surface area contributed by atoms with Crippen molar-refractivity contribution in [3.63, 3.8) is 0 Å². The van der Waals surface area contributed by atoms with Gasteiger partial charge in [0.1, 0.15) is 5.75 Å². The molecule has 0 saturated carbocycles. The Kier molecular flexibility index (Phi) is 4.05. The zero-order valence-electron chi connectivity index (χ0n) is 10.1. The Hall–Kier alpha value is -1.74. The molecule has 1 aromatic heterocycles. The van der Waals surface area contributed by atoms with Crippen molar-refractivity contribution < 1.29 is 9.53 Å². The lowest BCUT2D eigenvalue weighted by Crippen LogP contribution is -1.93. The van der Waals surface area contributed by atoms with E-state index in [9.17, 15) is 4.79 Å². The van der Waals surface area contributed by atoms with E-state index in [0.29, 0.717) is 6.61 Å². The first-order chi connectivity index (χ1) is 8.76. The van der Waals surface area contributed by atoms with E-state index in [1.165, 1.54) is 6.08 Å². The molecular formula is C14H14ClNO2. The maximum absolute atomic E-state index is 11.2. The number of H-pyrrole nitrogens is 1. The molecule has 0 radical (unpaired) electrons. The number of nitrogens with one attached hydrogen (secondary N) is 1. The Balaban J connectivity index is 2.45. The fraction of sp³-hybridized carbons (Fsp3) is 0.214.